The predicted octanol–water partition coefficient (Wildman–Crippen LogP) is 4.55. The SMILES string of the molecule is Cc1cc(/C=N/OCc2cccc([N+](=O)[O-])c2)c(C)n1-c1ccccc1. The average Bonchev–Trinajstić information content (AvgIpc) is 2.93. The monoisotopic (exact) mass is 349 g/mol. The number of oxime groups is 1. The first kappa shape index (κ1) is 17.4. The smallest absolute Gasteiger partial charge is 0.269 e. The van der Waals surface area contributed by atoms with Crippen LogP contribution in [0.1, 0.15) is 22.5 Å². The number of benzene rings is 2. The molecule has 0 saturated carbocycles. The molecule has 6 heteroatoms. The van der Waals surface area contributed by atoms with Gasteiger partial charge in [0.15, 0.2) is 0 Å². The highest BCUT2D eigenvalue weighted by molar-refractivity contribution is 5.81. The van der Waals surface area contributed by atoms with Crippen molar-refractivity contribution < 1.29 is 9.76 Å². The quantitative estimate of drug-likeness (QED) is 0.372. The fourth-order valence-electron chi connectivity index (χ4n) is 2.86. The van der Waals surface area contributed by atoms with Crippen molar-refractivity contribution in [2.24, 2.45) is 5.16 Å². The lowest BCUT2D eigenvalue weighted by Crippen LogP contribution is -1.99. The molecule has 26 heavy (non-hydrogen) atoms. The molecule has 0 amide bonds. The lowest BCUT2D eigenvalue weighted by molar-refractivity contribution is -0.384. The Morgan fingerprint density at radius 3 is 2.62 bits per heavy atom. The van der Waals surface area contributed by atoms with Crippen LogP contribution in [-0.4, -0.2) is 15.7 Å². The van der Waals surface area contributed by atoms with Gasteiger partial charge in [-0.1, -0.05) is 35.5 Å². The molecule has 0 N–H and O–H groups in total. The second-order valence-electron chi connectivity index (χ2n) is 5.93. The average molecular weight is 349 g/mol. The first-order valence-electron chi connectivity index (χ1n) is 8.19. The van der Waals surface area contributed by atoms with Gasteiger partial charge in [0.25, 0.3) is 5.69 Å². The largest absolute Gasteiger partial charge is 0.391 e. The van der Waals surface area contributed by atoms with E-state index in [4.69, 9.17) is 4.84 Å². The number of aryl methyl sites for hydroxylation is 1. The first-order valence-corrected chi connectivity index (χ1v) is 8.19. The summed E-state index contributed by atoms with van der Waals surface area (Å²) in [5.41, 5.74) is 4.97. The van der Waals surface area contributed by atoms with Crippen molar-refractivity contribution in [2.45, 2.75) is 20.5 Å². The zero-order chi connectivity index (χ0) is 18.5. The van der Waals surface area contributed by atoms with Crippen molar-refractivity contribution in [3.63, 3.8) is 0 Å². The minimum atomic E-state index is -0.425. The molecule has 2 aromatic carbocycles. The van der Waals surface area contributed by atoms with Crippen molar-refractivity contribution in [3.05, 3.63) is 93.3 Å². The van der Waals surface area contributed by atoms with E-state index in [0.717, 1.165) is 22.6 Å². The van der Waals surface area contributed by atoms with E-state index >= 15 is 0 Å². The molecule has 1 heterocycles. The van der Waals surface area contributed by atoms with Crippen LogP contribution in [0.15, 0.2) is 65.8 Å². The summed E-state index contributed by atoms with van der Waals surface area (Å²) in [7, 11) is 0. The van der Waals surface area contributed by atoms with Crippen LogP contribution in [0, 0.1) is 24.0 Å². The second kappa shape index (κ2) is 7.65. The Kier molecular flexibility index (Phi) is 5.12. The molecule has 6 nitrogen and oxygen atoms in total. The zero-order valence-electron chi connectivity index (χ0n) is 14.6. The van der Waals surface area contributed by atoms with Gasteiger partial charge in [0, 0.05) is 34.8 Å². The van der Waals surface area contributed by atoms with Gasteiger partial charge in [-0.05, 0) is 37.6 Å². The molecule has 0 fully saturated rings. The standard InChI is InChI=1S/C20H19N3O3/c1-15-11-18(16(2)22(15)19-8-4-3-5-9-19)13-21-26-14-17-7-6-10-20(12-17)23(24)25/h3-13H,14H2,1-2H3/b21-13+. The van der Waals surface area contributed by atoms with Gasteiger partial charge in [0.05, 0.1) is 11.1 Å². The lowest BCUT2D eigenvalue weighted by Gasteiger charge is -2.08. The maximum atomic E-state index is 10.8. The molecule has 3 aromatic rings. The van der Waals surface area contributed by atoms with E-state index in [1.54, 1.807) is 18.3 Å². The molecule has 0 spiro atoms. The van der Waals surface area contributed by atoms with Crippen molar-refractivity contribution in [1.82, 2.24) is 4.57 Å². The Labute approximate surface area is 151 Å². The molecular formula is C20H19N3O3. The number of aromatic nitrogens is 1. The van der Waals surface area contributed by atoms with E-state index in [9.17, 15) is 10.1 Å². The summed E-state index contributed by atoms with van der Waals surface area (Å²) in [5.74, 6) is 0. The Hall–Kier alpha value is -3.41. The Morgan fingerprint density at radius 2 is 1.88 bits per heavy atom. The maximum absolute atomic E-state index is 10.8. The molecule has 0 radical (unpaired) electrons. The Morgan fingerprint density at radius 1 is 1.12 bits per heavy atom. The van der Waals surface area contributed by atoms with E-state index in [2.05, 4.69) is 21.9 Å². The van der Waals surface area contributed by atoms with Crippen LogP contribution in [0.3, 0.4) is 0 Å². The highest BCUT2D eigenvalue weighted by atomic mass is 16.6. The van der Waals surface area contributed by atoms with Gasteiger partial charge in [-0.25, -0.2) is 0 Å². The van der Waals surface area contributed by atoms with Crippen LogP contribution < -0.4 is 0 Å². The summed E-state index contributed by atoms with van der Waals surface area (Å²) >= 11 is 0. The van der Waals surface area contributed by atoms with Gasteiger partial charge in [-0.15, -0.1) is 0 Å². The first-order chi connectivity index (χ1) is 12.6. The summed E-state index contributed by atoms with van der Waals surface area (Å²) in [6.07, 6.45) is 1.67. The fraction of sp³-hybridized carbons (Fsp3) is 0.150. The van der Waals surface area contributed by atoms with Crippen LogP contribution in [-0.2, 0) is 11.4 Å². The van der Waals surface area contributed by atoms with E-state index < -0.39 is 4.92 Å². The van der Waals surface area contributed by atoms with E-state index in [1.165, 1.54) is 12.1 Å². The highest BCUT2D eigenvalue weighted by Crippen LogP contribution is 2.19. The van der Waals surface area contributed by atoms with Gasteiger partial charge >= 0.3 is 0 Å². The van der Waals surface area contributed by atoms with Crippen LogP contribution in [0.4, 0.5) is 5.69 Å². The zero-order valence-corrected chi connectivity index (χ0v) is 14.6. The summed E-state index contributed by atoms with van der Waals surface area (Å²) in [5, 5.41) is 14.8. The Balaban J connectivity index is 1.70. The third-order valence-electron chi connectivity index (χ3n) is 4.10. The molecule has 0 saturated heterocycles. The maximum Gasteiger partial charge on any atom is 0.269 e. The summed E-state index contributed by atoms with van der Waals surface area (Å²) in [6, 6.07) is 18.5. The van der Waals surface area contributed by atoms with E-state index in [1.807, 2.05) is 38.1 Å². The third kappa shape index (κ3) is 3.80. The number of hydrogen-bond acceptors (Lipinski definition) is 4. The van der Waals surface area contributed by atoms with Gasteiger partial charge in [-0.3, -0.25) is 10.1 Å². The van der Waals surface area contributed by atoms with Crippen molar-refractivity contribution >= 4 is 11.9 Å². The number of hydrogen-bond donors (Lipinski definition) is 0. The van der Waals surface area contributed by atoms with Crippen LogP contribution in [0.5, 0.6) is 0 Å². The number of nitro groups is 1. The molecule has 132 valence electrons. The van der Waals surface area contributed by atoms with Crippen LogP contribution in [0.25, 0.3) is 5.69 Å². The molecule has 0 bridgehead atoms. The normalized spacial score (nSPS) is 11.0. The van der Waals surface area contributed by atoms with Gasteiger partial charge < -0.3 is 9.40 Å². The van der Waals surface area contributed by atoms with Crippen LogP contribution in [0.2, 0.25) is 0 Å². The number of para-hydroxylation sites is 1. The highest BCUT2D eigenvalue weighted by Gasteiger charge is 2.09. The lowest BCUT2D eigenvalue weighted by atomic mass is 10.2. The Bertz CT molecular complexity index is 946. The summed E-state index contributed by atoms with van der Waals surface area (Å²) in [4.78, 5) is 15.7. The van der Waals surface area contributed by atoms with Crippen molar-refractivity contribution in [1.29, 1.82) is 0 Å². The number of nitro benzene ring substituents is 1. The fourth-order valence-corrected chi connectivity index (χ4v) is 2.86. The van der Waals surface area contributed by atoms with Gasteiger partial charge in [-0.2, -0.15) is 0 Å². The molecule has 0 aliphatic heterocycles. The van der Waals surface area contributed by atoms with Gasteiger partial charge in [0.2, 0.25) is 0 Å². The number of nitrogens with zero attached hydrogens (tertiary/aromatic N) is 3. The topological polar surface area (TPSA) is 69.7 Å². The minimum absolute atomic E-state index is 0.0430. The predicted molar refractivity (Wildman–Crippen MR) is 101 cm³/mol. The molecular weight excluding hydrogens is 330 g/mol. The summed E-state index contributed by atoms with van der Waals surface area (Å²) < 4.78 is 2.15. The minimum Gasteiger partial charge on any atom is -0.391 e. The molecule has 0 aliphatic rings. The van der Waals surface area contributed by atoms with Crippen molar-refractivity contribution in [2.75, 3.05) is 0 Å². The number of rotatable bonds is 6. The summed E-state index contributed by atoms with van der Waals surface area (Å²) in [6.45, 7) is 4.25. The van der Waals surface area contributed by atoms with E-state index in [-0.39, 0.29) is 12.3 Å². The van der Waals surface area contributed by atoms with E-state index in [0.29, 0.717) is 5.56 Å². The molecule has 0 aliphatic carbocycles. The number of non-ortho nitro benzene ring substituents is 1. The molecule has 0 unspecified atom stereocenters. The third-order valence-corrected chi connectivity index (χ3v) is 4.10. The molecule has 1 aromatic heterocycles. The van der Waals surface area contributed by atoms with Gasteiger partial charge in [0.1, 0.15) is 6.61 Å². The van der Waals surface area contributed by atoms with Crippen molar-refractivity contribution in [3.8, 4) is 5.69 Å². The van der Waals surface area contributed by atoms with Crippen LogP contribution >= 0.6 is 0 Å². The molecule has 3 rings (SSSR count). The molecule has 0 atom stereocenters. The second-order valence-corrected chi connectivity index (χ2v) is 5.93.